The first-order chi connectivity index (χ1) is 25.1. The van der Waals surface area contributed by atoms with Gasteiger partial charge in [0.05, 0.1) is 16.3 Å². The van der Waals surface area contributed by atoms with Gasteiger partial charge in [-0.05, 0) is 34.9 Å². The molecule has 2 amide bonds. The van der Waals surface area contributed by atoms with Gasteiger partial charge in [0, 0.05) is 38.5 Å². The molecule has 0 aliphatic carbocycles. The maximum Gasteiger partial charge on any atom is 0.356 e. The smallest absolute Gasteiger partial charge is 0.356 e. The molecule has 0 radical (unpaired) electrons. The van der Waals surface area contributed by atoms with Gasteiger partial charge in [0.1, 0.15) is 17.1 Å². The molecule has 1 saturated heterocycles. The Morgan fingerprint density at radius 2 is 1.63 bits per heavy atom. The number of thioether (sulfide) groups is 3. The number of ether oxygens (including phenoxy) is 1. The maximum absolute atomic E-state index is 14.3. The van der Waals surface area contributed by atoms with Gasteiger partial charge >= 0.3 is 11.9 Å². The van der Waals surface area contributed by atoms with E-state index in [1.165, 1.54) is 40.2 Å². The van der Waals surface area contributed by atoms with Gasteiger partial charge < -0.3 is 15.2 Å². The van der Waals surface area contributed by atoms with Gasteiger partial charge in [-0.25, -0.2) is 14.2 Å². The Bertz CT molecular complexity index is 1990. The third-order valence-electron chi connectivity index (χ3n) is 8.19. The average molecular weight is 794 g/mol. The number of carbonyl (C=O) groups excluding carboxylic acids is 3. The number of nitrogens with one attached hydrogen (secondary N) is 1. The van der Waals surface area contributed by atoms with E-state index in [1.807, 2.05) is 72.8 Å². The number of amides is 2. The SMILES string of the molecule is C=C(C[n+]1ccc(SCC2=C(C(=O)OC(c3ccccc3)c3ccccc3)N3C(=O)[C@H](NC(=O)CSc4cc(Cl)ccc4Cl)[C@H]3SC2)cc1)C(=O)O. The van der Waals surface area contributed by atoms with Crippen LogP contribution in [0.15, 0.2) is 137 Å². The van der Waals surface area contributed by atoms with E-state index in [-0.39, 0.29) is 29.5 Å². The predicted octanol–water partition coefficient (Wildman–Crippen LogP) is 6.79. The van der Waals surface area contributed by atoms with Crippen molar-refractivity contribution in [1.29, 1.82) is 0 Å². The van der Waals surface area contributed by atoms with E-state index < -0.39 is 35.4 Å². The maximum atomic E-state index is 14.3. The second-order valence-corrected chi connectivity index (χ2v) is 15.8. The lowest BCUT2D eigenvalue weighted by molar-refractivity contribution is -0.688. The zero-order chi connectivity index (χ0) is 36.8. The highest BCUT2D eigenvalue weighted by Gasteiger charge is 2.54. The number of pyridine rings is 1. The van der Waals surface area contributed by atoms with Gasteiger partial charge in [0.25, 0.3) is 5.91 Å². The number of hydrogen-bond donors (Lipinski definition) is 2. The van der Waals surface area contributed by atoms with Crippen LogP contribution in [0.25, 0.3) is 0 Å². The molecule has 3 heterocycles. The molecule has 2 aliphatic heterocycles. The molecule has 266 valence electrons. The molecule has 2 aliphatic rings. The minimum absolute atomic E-state index is 0.0190. The molecule has 0 bridgehead atoms. The second kappa shape index (κ2) is 17.1. The molecule has 0 unspecified atom stereocenters. The predicted molar refractivity (Wildman–Crippen MR) is 204 cm³/mol. The summed E-state index contributed by atoms with van der Waals surface area (Å²) in [6, 6.07) is 26.7. The van der Waals surface area contributed by atoms with Crippen LogP contribution < -0.4 is 9.88 Å². The van der Waals surface area contributed by atoms with Crippen LogP contribution >= 0.6 is 58.5 Å². The number of halogens is 2. The van der Waals surface area contributed by atoms with E-state index in [4.69, 9.17) is 33.0 Å². The summed E-state index contributed by atoms with van der Waals surface area (Å²) in [7, 11) is 0. The molecular weight excluding hydrogens is 762 g/mol. The zero-order valence-corrected chi connectivity index (χ0v) is 31.4. The summed E-state index contributed by atoms with van der Waals surface area (Å²) in [5.41, 5.74) is 2.51. The number of aromatic nitrogens is 1. The number of aliphatic carboxylic acids is 1. The molecule has 9 nitrogen and oxygen atoms in total. The van der Waals surface area contributed by atoms with Crippen molar-refractivity contribution in [2.45, 2.75) is 33.9 Å². The number of benzene rings is 3. The third-order valence-corrected chi connectivity index (χ3v) is 12.4. The monoisotopic (exact) mass is 792 g/mol. The largest absolute Gasteiger partial charge is 0.478 e. The highest BCUT2D eigenvalue weighted by atomic mass is 35.5. The zero-order valence-electron chi connectivity index (χ0n) is 27.4. The van der Waals surface area contributed by atoms with Crippen molar-refractivity contribution in [3.63, 3.8) is 0 Å². The topological polar surface area (TPSA) is 117 Å². The van der Waals surface area contributed by atoms with E-state index in [2.05, 4.69) is 11.9 Å². The van der Waals surface area contributed by atoms with Gasteiger partial charge in [-0.3, -0.25) is 14.5 Å². The van der Waals surface area contributed by atoms with Crippen molar-refractivity contribution in [3.8, 4) is 0 Å². The van der Waals surface area contributed by atoms with Crippen molar-refractivity contribution >= 4 is 82.2 Å². The number of β-lactam (4-membered cyclic amide) rings is 1. The molecule has 4 aromatic rings. The molecular formula is C38H32Cl2N3O6S3+. The van der Waals surface area contributed by atoms with E-state index >= 15 is 0 Å². The van der Waals surface area contributed by atoms with Crippen LogP contribution in [0.1, 0.15) is 17.2 Å². The number of rotatable bonds is 14. The van der Waals surface area contributed by atoms with Gasteiger partial charge in [-0.2, -0.15) is 0 Å². The summed E-state index contributed by atoms with van der Waals surface area (Å²) in [5.74, 6) is -1.62. The standard InChI is InChI=1S/C38H31Cl2N3O6S3/c1-23(37(46)47)19-42-16-14-28(15-17-42)50-20-26-21-52-36-32(41-31(44)22-51-30-18-27(39)12-13-29(30)40)35(45)43(36)33(26)38(48)49-34(24-8-4-2-5-9-24)25-10-6-3-7-11-25/h2-18,32,34,36H,1,19-22H2,(H-,41,44,46,47)/p+1/t32-,36+/m0/s1. The van der Waals surface area contributed by atoms with Gasteiger partial charge in [-0.1, -0.05) is 90.4 Å². The van der Waals surface area contributed by atoms with Crippen LogP contribution in [-0.4, -0.2) is 62.4 Å². The molecule has 2 atom stereocenters. The minimum atomic E-state index is -1.06. The van der Waals surface area contributed by atoms with Crippen LogP contribution in [0.2, 0.25) is 10.0 Å². The third kappa shape index (κ3) is 8.87. The fraction of sp³-hybridized carbons (Fsp3) is 0.184. The van der Waals surface area contributed by atoms with Crippen LogP contribution in [0.5, 0.6) is 0 Å². The fourth-order valence-corrected chi connectivity index (χ4v) is 9.25. The van der Waals surface area contributed by atoms with Crippen LogP contribution in [0.3, 0.4) is 0 Å². The van der Waals surface area contributed by atoms with Gasteiger partial charge in [0.15, 0.2) is 25.0 Å². The Hall–Kier alpha value is -4.20. The van der Waals surface area contributed by atoms with Crippen molar-refractivity contribution in [1.82, 2.24) is 10.2 Å². The number of nitrogens with zero attached hydrogens (tertiary/aromatic N) is 2. The van der Waals surface area contributed by atoms with Crippen LogP contribution in [0.4, 0.5) is 0 Å². The van der Waals surface area contributed by atoms with Gasteiger partial charge in [-0.15, -0.1) is 35.3 Å². The summed E-state index contributed by atoms with van der Waals surface area (Å²) in [6.45, 7) is 3.73. The normalized spacial score (nSPS) is 16.6. The molecule has 1 fully saturated rings. The summed E-state index contributed by atoms with van der Waals surface area (Å²) in [5, 5.41) is 12.5. The Kier molecular flexibility index (Phi) is 12.3. The van der Waals surface area contributed by atoms with E-state index in [1.54, 1.807) is 35.2 Å². The Balaban J connectivity index is 1.22. The second-order valence-electron chi connectivity index (χ2n) is 11.8. The summed E-state index contributed by atoms with van der Waals surface area (Å²) in [6.07, 6.45) is 2.80. The first kappa shape index (κ1) is 37.6. The van der Waals surface area contributed by atoms with Crippen molar-refractivity contribution in [2.24, 2.45) is 0 Å². The van der Waals surface area contributed by atoms with Crippen molar-refractivity contribution in [3.05, 3.63) is 148 Å². The Morgan fingerprint density at radius 1 is 0.981 bits per heavy atom. The van der Waals surface area contributed by atoms with E-state index in [9.17, 15) is 19.2 Å². The number of carboxylic acid groups (broad SMARTS) is 1. The number of fused-ring (bicyclic) bond motifs is 1. The fourth-order valence-electron chi connectivity index (χ4n) is 5.58. The molecule has 3 aromatic carbocycles. The van der Waals surface area contributed by atoms with E-state index in [0.717, 1.165) is 21.6 Å². The first-order valence-corrected chi connectivity index (χ1v) is 19.7. The summed E-state index contributed by atoms with van der Waals surface area (Å²) in [4.78, 5) is 55.3. The van der Waals surface area contributed by atoms with Crippen LogP contribution in [-0.2, 0) is 30.5 Å². The molecule has 6 rings (SSSR count). The van der Waals surface area contributed by atoms with Crippen molar-refractivity contribution in [2.75, 3.05) is 17.3 Å². The molecule has 2 N–H and O–H groups in total. The van der Waals surface area contributed by atoms with Crippen LogP contribution in [0, 0.1) is 0 Å². The van der Waals surface area contributed by atoms with Crippen molar-refractivity contribution < 1.29 is 33.6 Å². The minimum Gasteiger partial charge on any atom is -0.478 e. The number of carboxylic acids is 1. The Morgan fingerprint density at radius 3 is 2.27 bits per heavy atom. The number of esters is 1. The lowest BCUT2D eigenvalue weighted by atomic mass is 10.0. The quantitative estimate of drug-likeness (QED) is 0.0468. The average Bonchev–Trinajstić information content (AvgIpc) is 3.16. The summed E-state index contributed by atoms with van der Waals surface area (Å²) >= 11 is 16.5. The highest BCUT2D eigenvalue weighted by molar-refractivity contribution is 8.01. The first-order valence-electron chi connectivity index (χ1n) is 16.0. The Labute approximate surface area is 323 Å². The number of hydrogen-bond acceptors (Lipinski definition) is 8. The van der Waals surface area contributed by atoms with E-state index in [0.29, 0.717) is 26.4 Å². The molecule has 52 heavy (non-hydrogen) atoms. The lowest BCUT2D eigenvalue weighted by Gasteiger charge is -2.49. The van der Waals surface area contributed by atoms with Gasteiger partial charge in [0.2, 0.25) is 5.91 Å². The lowest BCUT2D eigenvalue weighted by Crippen LogP contribution is -2.70. The molecule has 1 aromatic heterocycles. The molecule has 14 heteroatoms. The summed E-state index contributed by atoms with van der Waals surface area (Å²) < 4.78 is 7.97. The molecule has 0 saturated carbocycles. The number of carbonyl (C=O) groups is 4. The molecule has 0 spiro atoms. The highest BCUT2D eigenvalue weighted by Crippen LogP contribution is 2.43.